The second-order valence-electron chi connectivity index (χ2n) is 7.39. The molecule has 1 saturated heterocycles. The number of sulfonamides is 1. The minimum Gasteiger partial charge on any atom is -0.379 e. The third kappa shape index (κ3) is 5.58. The number of amides is 1. The Hall–Kier alpha value is -2.80. The van der Waals surface area contributed by atoms with Gasteiger partial charge in [0.25, 0.3) is 0 Å². The lowest BCUT2D eigenvalue weighted by molar-refractivity contribution is -0.118. The number of ether oxygens (including phenoxy) is 1. The predicted molar refractivity (Wildman–Crippen MR) is 122 cm³/mol. The van der Waals surface area contributed by atoms with E-state index < -0.39 is 10.0 Å². The average molecular weight is 489 g/mol. The number of para-hydroxylation sites is 1. The van der Waals surface area contributed by atoms with Crippen LogP contribution in [0.25, 0.3) is 5.69 Å². The van der Waals surface area contributed by atoms with Crippen molar-refractivity contribution in [3.63, 3.8) is 0 Å². The minimum atomic E-state index is -3.53. The Morgan fingerprint density at radius 1 is 1.12 bits per heavy atom. The first-order chi connectivity index (χ1) is 15.9. The molecular formula is C21H24N6O4S2. The molecule has 1 fully saturated rings. The quantitative estimate of drug-likeness (QED) is 0.473. The molecule has 0 radical (unpaired) electrons. The monoisotopic (exact) mass is 488 g/mol. The fourth-order valence-electron chi connectivity index (χ4n) is 3.32. The van der Waals surface area contributed by atoms with E-state index in [0.717, 1.165) is 16.8 Å². The van der Waals surface area contributed by atoms with Crippen LogP contribution < -0.4 is 5.32 Å². The highest BCUT2D eigenvalue weighted by molar-refractivity contribution is 7.99. The van der Waals surface area contributed by atoms with Crippen molar-refractivity contribution < 1.29 is 17.9 Å². The highest BCUT2D eigenvalue weighted by Gasteiger charge is 2.26. The van der Waals surface area contributed by atoms with Crippen LogP contribution in [0.1, 0.15) is 11.1 Å². The number of nitrogens with one attached hydrogen (secondary N) is 1. The number of carbonyl (C=O) groups excluding carboxylic acids is 1. The lowest BCUT2D eigenvalue weighted by Gasteiger charge is -2.26. The molecular weight excluding hydrogens is 464 g/mol. The number of carbonyl (C=O) groups is 1. The Balaban J connectivity index is 1.30. The molecule has 0 saturated carbocycles. The van der Waals surface area contributed by atoms with Gasteiger partial charge in [0, 0.05) is 19.6 Å². The lowest BCUT2D eigenvalue weighted by atomic mass is 10.2. The van der Waals surface area contributed by atoms with Gasteiger partial charge in [0.1, 0.15) is 0 Å². The Bertz CT molecular complexity index is 1210. The minimum absolute atomic E-state index is 0.149. The Morgan fingerprint density at radius 3 is 2.58 bits per heavy atom. The number of nitrogens with zero attached hydrogens (tertiary/aromatic N) is 5. The summed E-state index contributed by atoms with van der Waals surface area (Å²) < 4.78 is 33.6. The Kier molecular flexibility index (Phi) is 7.38. The van der Waals surface area contributed by atoms with Crippen molar-refractivity contribution in [3.05, 3.63) is 59.7 Å². The summed E-state index contributed by atoms with van der Waals surface area (Å²) in [6, 6.07) is 14.3. The number of hydrogen-bond donors (Lipinski definition) is 1. The lowest BCUT2D eigenvalue weighted by Crippen LogP contribution is -2.40. The number of aromatic nitrogens is 4. The molecule has 33 heavy (non-hydrogen) atoms. The molecule has 0 unspecified atom stereocenters. The number of hydrogen-bond acceptors (Lipinski definition) is 8. The normalized spacial score (nSPS) is 14.8. The summed E-state index contributed by atoms with van der Waals surface area (Å²) in [5.41, 5.74) is 2.69. The summed E-state index contributed by atoms with van der Waals surface area (Å²) in [7, 11) is -3.53. The Morgan fingerprint density at radius 2 is 1.85 bits per heavy atom. The van der Waals surface area contributed by atoms with E-state index in [2.05, 4.69) is 20.8 Å². The molecule has 2 aromatic carbocycles. The second kappa shape index (κ2) is 10.4. The molecule has 1 aliphatic heterocycles. The molecule has 0 aliphatic carbocycles. The van der Waals surface area contributed by atoms with Gasteiger partial charge in [-0.25, -0.2) is 8.42 Å². The van der Waals surface area contributed by atoms with Crippen molar-refractivity contribution in [3.8, 4) is 5.69 Å². The Labute approximate surface area is 196 Å². The number of benzene rings is 2. The topological polar surface area (TPSA) is 119 Å². The molecule has 1 aromatic heterocycles. The molecule has 3 aromatic rings. The smallest absolute Gasteiger partial charge is 0.243 e. The van der Waals surface area contributed by atoms with Crippen LogP contribution in [-0.2, 0) is 26.1 Å². The maximum absolute atomic E-state index is 12.7. The molecule has 1 aliphatic rings. The van der Waals surface area contributed by atoms with Gasteiger partial charge < -0.3 is 10.1 Å². The van der Waals surface area contributed by atoms with Gasteiger partial charge in [0.2, 0.25) is 21.1 Å². The predicted octanol–water partition coefficient (Wildman–Crippen LogP) is 1.40. The van der Waals surface area contributed by atoms with Crippen molar-refractivity contribution in [2.24, 2.45) is 0 Å². The standard InChI is InChI=1S/C21H24N6O4S2/c1-16-4-2-3-5-19(16)27-21(23-24-25-27)32-15-20(28)22-14-17-6-8-18(9-7-17)33(29,30)26-10-12-31-13-11-26/h2-9H,10-15H2,1H3,(H,22,28). The molecule has 0 spiro atoms. The number of rotatable bonds is 8. The van der Waals surface area contributed by atoms with Crippen molar-refractivity contribution >= 4 is 27.7 Å². The number of morpholine rings is 1. The molecule has 4 rings (SSSR count). The van der Waals surface area contributed by atoms with Gasteiger partial charge >= 0.3 is 0 Å². The van der Waals surface area contributed by atoms with Crippen LogP contribution >= 0.6 is 11.8 Å². The van der Waals surface area contributed by atoms with Crippen molar-refractivity contribution in [1.82, 2.24) is 29.8 Å². The fourth-order valence-corrected chi connectivity index (χ4v) is 5.44. The van der Waals surface area contributed by atoms with E-state index in [9.17, 15) is 13.2 Å². The summed E-state index contributed by atoms with van der Waals surface area (Å²) in [4.78, 5) is 12.6. The summed E-state index contributed by atoms with van der Waals surface area (Å²) in [6.45, 7) is 3.77. The van der Waals surface area contributed by atoms with Gasteiger partial charge in [0.15, 0.2) is 0 Å². The highest BCUT2D eigenvalue weighted by Crippen LogP contribution is 2.20. The van der Waals surface area contributed by atoms with E-state index in [4.69, 9.17) is 4.74 Å². The largest absolute Gasteiger partial charge is 0.379 e. The van der Waals surface area contributed by atoms with Crippen LogP contribution in [0.3, 0.4) is 0 Å². The molecule has 174 valence electrons. The highest BCUT2D eigenvalue weighted by atomic mass is 32.2. The van der Waals surface area contributed by atoms with Crippen molar-refractivity contribution in [1.29, 1.82) is 0 Å². The SMILES string of the molecule is Cc1ccccc1-n1nnnc1SCC(=O)NCc1ccc(S(=O)(=O)N2CCOCC2)cc1. The summed E-state index contributed by atoms with van der Waals surface area (Å²) in [5, 5.41) is 15.1. The van der Waals surface area contributed by atoms with E-state index in [1.165, 1.54) is 16.1 Å². The van der Waals surface area contributed by atoms with Gasteiger partial charge in [-0.1, -0.05) is 42.1 Å². The molecule has 0 bridgehead atoms. The van der Waals surface area contributed by atoms with Gasteiger partial charge in [-0.05, 0) is 46.7 Å². The average Bonchev–Trinajstić information content (AvgIpc) is 3.31. The summed E-state index contributed by atoms with van der Waals surface area (Å²) in [6.07, 6.45) is 0. The zero-order valence-electron chi connectivity index (χ0n) is 18.0. The summed E-state index contributed by atoms with van der Waals surface area (Å²) in [5.74, 6) is -0.0280. The summed E-state index contributed by atoms with van der Waals surface area (Å²) >= 11 is 1.24. The third-order valence-corrected chi connectivity index (χ3v) is 7.97. The van der Waals surface area contributed by atoms with E-state index in [1.54, 1.807) is 28.9 Å². The van der Waals surface area contributed by atoms with Crippen LogP contribution in [0.2, 0.25) is 0 Å². The van der Waals surface area contributed by atoms with Crippen LogP contribution in [0.4, 0.5) is 0 Å². The number of aryl methyl sites for hydroxylation is 1. The van der Waals surface area contributed by atoms with Gasteiger partial charge in [-0.15, -0.1) is 5.10 Å². The number of thioether (sulfide) groups is 1. The second-order valence-corrected chi connectivity index (χ2v) is 10.3. The first-order valence-corrected chi connectivity index (χ1v) is 12.8. The van der Waals surface area contributed by atoms with Gasteiger partial charge in [0.05, 0.1) is 29.5 Å². The maximum atomic E-state index is 12.7. The van der Waals surface area contributed by atoms with Gasteiger partial charge in [-0.3, -0.25) is 4.79 Å². The van der Waals surface area contributed by atoms with Crippen LogP contribution in [0.15, 0.2) is 58.6 Å². The molecule has 1 N–H and O–H groups in total. The molecule has 0 atom stereocenters. The molecule has 12 heteroatoms. The van der Waals surface area contributed by atoms with Crippen LogP contribution in [0.5, 0.6) is 0 Å². The van der Waals surface area contributed by atoms with Crippen molar-refractivity contribution in [2.45, 2.75) is 23.5 Å². The molecule has 2 heterocycles. The van der Waals surface area contributed by atoms with E-state index in [1.807, 2.05) is 31.2 Å². The zero-order valence-corrected chi connectivity index (χ0v) is 19.7. The van der Waals surface area contributed by atoms with Crippen molar-refractivity contribution in [2.75, 3.05) is 32.1 Å². The van der Waals surface area contributed by atoms with Crippen LogP contribution in [-0.4, -0.2) is 70.9 Å². The number of tetrazole rings is 1. The van der Waals surface area contributed by atoms with E-state index in [-0.39, 0.29) is 16.6 Å². The first-order valence-electron chi connectivity index (χ1n) is 10.4. The molecule has 1 amide bonds. The van der Waals surface area contributed by atoms with Gasteiger partial charge in [-0.2, -0.15) is 8.99 Å². The maximum Gasteiger partial charge on any atom is 0.243 e. The van der Waals surface area contributed by atoms with E-state index in [0.29, 0.717) is 38.0 Å². The van der Waals surface area contributed by atoms with Crippen LogP contribution in [0, 0.1) is 6.92 Å². The molecule has 10 nitrogen and oxygen atoms in total. The first kappa shape index (κ1) is 23.4. The fraction of sp³-hybridized carbons (Fsp3) is 0.333. The van der Waals surface area contributed by atoms with E-state index >= 15 is 0 Å². The third-order valence-electron chi connectivity index (χ3n) is 5.14. The zero-order chi connectivity index (χ0) is 23.3.